The van der Waals surface area contributed by atoms with E-state index in [1.165, 1.54) is 13.4 Å². The lowest BCUT2D eigenvalue weighted by Gasteiger charge is -2.18. The van der Waals surface area contributed by atoms with Gasteiger partial charge in [-0.2, -0.15) is 0 Å². The fourth-order valence-electron chi connectivity index (χ4n) is 2.84. The van der Waals surface area contributed by atoms with Gasteiger partial charge in [0.2, 0.25) is 0 Å². The van der Waals surface area contributed by atoms with Crippen molar-refractivity contribution in [3.8, 4) is 0 Å². The number of benzene rings is 1. The second-order valence-electron chi connectivity index (χ2n) is 7.08. The first kappa shape index (κ1) is 22.1. The van der Waals surface area contributed by atoms with Crippen LogP contribution < -0.4 is 10.9 Å². The molecule has 0 bridgehead atoms. The molecule has 1 unspecified atom stereocenters. The van der Waals surface area contributed by atoms with E-state index in [4.69, 9.17) is 4.74 Å². The maximum Gasteiger partial charge on any atom is 0.328 e. The maximum absolute atomic E-state index is 12.5. The number of nitrogens with one attached hydrogen (secondary N) is 1. The van der Waals surface area contributed by atoms with Crippen LogP contribution in [0.15, 0.2) is 29.3 Å². The molecule has 2 rings (SSSR count). The van der Waals surface area contributed by atoms with Gasteiger partial charge in [0.05, 0.1) is 24.3 Å². The van der Waals surface area contributed by atoms with Crippen LogP contribution in [-0.2, 0) is 30.4 Å². The molecular weight excluding hydrogens is 378 g/mol. The highest BCUT2D eigenvalue weighted by Crippen LogP contribution is 2.11. The van der Waals surface area contributed by atoms with E-state index in [1.807, 2.05) is 26.8 Å². The lowest BCUT2D eigenvalue weighted by molar-refractivity contribution is -0.151. The van der Waals surface area contributed by atoms with Crippen LogP contribution in [0.25, 0.3) is 10.9 Å². The first-order valence-corrected chi connectivity index (χ1v) is 9.20. The van der Waals surface area contributed by atoms with E-state index in [2.05, 4.69) is 15.0 Å². The first-order chi connectivity index (χ1) is 13.7. The zero-order valence-corrected chi connectivity index (χ0v) is 16.9. The van der Waals surface area contributed by atoms with E-state index < -0.39 is 30.5 Å². The number of carbonyl (C=O) groups is 3. The minimum atomic E-state index is -0.818. The van der Waals surface area contributed by atoms with Crippen molar-refractivity contribution in [3.05, 3.63) is 40.4 Å². The Morgan fingerprint density at radius 2 is 1.97 bits per heavy atom. The minimum absolute atomic E-state index is 0.151. The second kappa shape index (κ2) is 9.81. The summed E-state index contributed by atoms with van der Waals surface area (Å²) in [7, 11) is 1.23. The Hall–Kier alpha value is -3.23. The minimum Gasteiger partial charge on any atom is -0.467 e. The van der Waals surface area contributed by atoms with Gasteiger partial charge in [-0.3, -0.25) is 19.0 Å². The van der Waals surface area contributed by atoms with Gasteiger partial charge in [-0.15, -0.1) is 0 Å². The van der Waals surface area contributed by atoms with Gasteiger partial charge in [-0.1, -0.05) is 26.0 Å². The van der Waals surface area contributed by atoms with E-state index in [9.17, 15) is 19.2 Å². The zero-order chi connectivity index (χ0) is 21.6. The fraction of sp³-hybridized carbons (Fsp3) is 0.450. The van der Waals surface area contributed by atoms with Gasteiger partial charge in [0, 0.05) is 0 Å². The second-order valence-corrected chi connectivity index (χ2v) is 7.08. The average Bonchev–Trinajstić information content (AvgIpc) is 2.67. The van der Waals surface area contributed by atoms with E-state index in [0.717, 1.165) is 10.1 Å². The van der Waals surface area contributed by atoms with Crippen molar-refractivity contribution in [3.63, 3.8) is 0 Å². The number of hydrogen-bond donors (Lipinski definition) is 1. The summed E-state index contributed by atoms with van der Waals surface area (Å²) < 4.78 is 10.7. The third-order valence-corrected chi connectivity index (χ3v) is 4.25. The number of aromatic nitrogens is 2. The van der Waals surface area contributed by atoms with Crippen LogP contribution in [0.1, 0.15) is 25.8 Å². The van der Waals surface area contributed by atoms with Gasteiger partial charge in [0.15, 0.2) is 6.61 Å². The Labute approximate surface area is 168 Å². The first-order valence-electron chi connectivity index (χ1n) is 9.20. The standard InChI is InChI=1S/C20H25N3O6/c1-12(2)8-15(20(27)28-4)22-16(24)10-29-17(25)9-23-11-21-18-13(3)6-5-7-14(18)19(23)26/h5-7,11-12,15H,8-10H2,1-4H3,(H,22,24). The summed E-state index contributed by atoms with van der Waals surface area (Å²) >= 11 is 0. The van der Waals surface area contributed by atoms with E-state index in [1.54, 1.807) is 12.1 Å². The molecule has 0 radical (unpaired) electrons. The SMILES string of the molecule is COC(=O)C(CC(C)C)NC(=O)COC(=O)Cn1cnc2c(C)cccc2c1=O. The molecule has 1 aromatic carbocycles. The molecule has 1 heterocycles. The van der Waals surface area contributed by atoms with Crippen LogP contribution in [-0.4, -0.2) is 47.2 Å². The molecule has 0 aliphatic carbocycles. The number of aryl methyl sites for hydroxylation is 1. The van der Waals surface area contributed by atoms with Gasteiger partial charge in [-0.05, 0) is 30.9 Å². The summed E-state index contributed by atoms with van der Waals surface area (Å²) in [6.07, 6.45) is 1.67. The molecule has 2 aromatic rings. The van der Waals surface area contributed by atoms with Crippen molar-refractivity contribution >= 4 is 28.7 Å². The molecule has 9 nitrogen and oxygen atoms in total. The van der Waals surface area contributed by atoms with Gasteiger partial charge in [0.1, 0.15) is 12.6 Å². The largest absolute Gasteiger partial charge is 0.467 e. The van der Waals surface area contributed by atoms with Crippen LogP contribution in [0, 0.1) is 12.8 Å². The maximum atomic E-state index is 12.5. The van der Waals surface area contributed by atoms with E-state index in [-0.39, 0.29) is 18.0 Å². The Bertz CT molecular complexity index is 966. The molecule has 1 N–H and O–H groups in total. The highest BCUT2D eigenvalue weighted by molar-refractivity contribution is 5.86. The number of hydrogen-bond acceptors (Lipinski definition) is 7. The topological polar surface area (TPSA) is 117 Å². The normalized spacial score (nSPS) is 11.9. The third kappa shape index (κ3) is 5.87. The molecule has 156 valence electrons. The van der Waals surface area contributed by atoms with Crippen molar-refractivity contribution in [1.29, 1.82) is 0 Å². The molecule has 0 spiro atoms. The molecule has 1 aromatic heterocycles. The van der Waals surface area contributed by atoms with Crippen LogP contribution in [0.3, 0.4) is 0 Å². The summed E-state index contributed by atoms with van der Waals surface area (Å²) in [5.41, 5.74) is 1.05. The van der Waals surface area contributed by atoms with Crippen molar-refractivity contribution in [2.24, 2.45) is 5.92 Å². The van der Waals surface area contributed by atoms with E-state index >= 15 is 0 Å². The Morgan fingerprint density at radius 1 is 1.24 bits per heavy atom. The van der Waals surface area contributed by atoms with Gasteiger partial charge < -0.3 is 14.8 Å². The number of rotatable bonds is 8. The molecule has 0 fully saturated rings. The summed E-state index contributed by atoms with van der Waals surface area (Å²) in [5.74, 6) is -1.82. The van der Waals surface area contributed by atoms with Crippen molar-refractivity contribution in [2.75, 3.05) is 13.7 Å². The number of para-hydroxylation sites is 1. The monoisotopic (exact) mass is 403 g/mol. The molecular formula is C20H25N3O6. The lowest BCUT2D eigenvalue weighted by Crippen LogP contribution is -2.44. The Morgan fingerprint density at radius 3 is 2.62 bits per heavy atom. The molecule has 0 saturated carbocycles. The molecule has 1 atom stereocenters. The molecule has 29 heavy (non-hydrogen) atoms. The summed E-state index contributed by atoms with van der Waals surface area (Å²) in [4.78, 5) is 52.5. The van der Waals surface area contributed by atoms with Gasteiger partial charge >= 0.3 is 11.9 Å². The van der Waals surface area contributed by atoms with E-state index in [0.29, 0.717) is 17.3 Å². The predicted octanol–water partition coefficient (Wildman–Crippen LogP) is 0.952. The lowest BCUT2D eigenvalue weighted by atomic mass is 10.0. The number of methoxy groups -OCH3 is 1. The molecule has 0 aliphatic rings. The Balaban J connectivity index is 1.96. The molecule has 0 saturated heterocycles. The number of ether oxygens (including phenoxy) is 2. The predicted molar refractivity (Wildman–Crippen MR) is 105 cm³/mol. The fourth-order valence-corrected chi connectivity index (χ4v) is 2.84. The van der Waals surface area contributed by atoms with Crippen molar-refractivity contribution < 1.29 is 23.9 Å². The molecule has 1 amide bonds. The molecule has 9 heteroatoms. The smallest absolute Gasteiger partial charge is 0.328 e. The van der Waals surface area contributed by atoms with Gasteiger partial charge in [0.25, 0.3) is 11.5 Å². The van der Waals surface area contributed by atoms with Crippen LogP contribution in [0.2, 0.25) is 0 Å². The van der Waals surface area contributed by atoms with Crippen LogP contribution in [0.5, 0.6) is 0 Å². The number of nitrogens with zero attached hydrogens (tertiary/aromatic N) is 2. The average molecular weight is 403 g/mol. The van der Waals surface area contributed by atoms with Crippen LogP contribution >= 0.6 is 0 Å². The molecule has 0 aliphatic heterocycles. The summed E-state index contributed by atoms with van der Waals surface area (Å²) in [6.45, 7) is 4.69. The van der Waals surface area contributed by atoms with Gasteiger partial charge in [-0.25, -0.2) is 9.78 Å². The highest BCUT2D eigenvalue weighted by atomic mass is 16.5. The number of fused-ring (bicyclic) bond motifs is 1. The quantitative estimate of drug-likeness (QED) is 0.652. The summed E-state index contributed by atoms with van der Waals surface area (Å²) in [5, 5.41) is 2.88. The van der Waals surface area contributed by atoms with Crippen molar-refractivity contribution in [1.82, 2.24) is 14.9 Å². The Kier molecular flexibility index (Phi) is 7.46. The highest BCUT2D eigenvalue weighted by Gasteiger charge is 2.23. The number of esters is 2. The van der Waals surface area contributed by atoms with Crippen LogP contribution in [0.4, 0.5) is 0 Å². The number of amides is 1. The third-order valence-electron chi connectivity index (χ3n) is 4.25. The summed E-state index contributed by atoms with van der Waals surface area (Å²) in [6, 6.07) is 4.39. The number of carbonyl (C=O) groups excluding carboxylic acids is 3. The van der Waals surface area contributed by atoms with Crippen molar-refractivity contribution in [2.45, 2.75) is 39.8 Å². The zero-order valence-electron chi connectivity index (χ0n) is 16.9.